The topological polar surface area (TPSA) is 66.4 Å². The summed E-state index contributed by atoms with van der Waals surface area (Å²) in [5.74, 6) is -1.31. The van der Waals surface area contributed by atoms with Gasteiger partial charge in [0.05, 0.1) is 10.8 Å². The van der Waals surface area contributed by atoms with E-state index in [1.165, 1.54) is 29.7 Å². The Hall–Kier alpha value is -1.36. The van der Waals surface area contributed by atoms with Crippen LogP contribution in [0.1, 0.15) is 58.6 Å². The fraction of sp³-hybridized carbons (Fsp3) is 0.625. The van der Waals surface area contributed by atoms with Crippen molar-refractivity contribution in [3.63, 3.8) is 0 Å². The number of carbonyl (C=O) groups is 2. The van der Waals surface area contributed by atoms with Crippen LogP contribution < -0.4 is 5.32 Å². The molecule has 1 aromatic rings. The summed E-state index contributed by atoms with van der Waals surface area (Å²) in [6.07, 6.45) is 8.14. The van der Waals surface area contributed by atoms with Gasteiger partial charge in [-0.3, -0.25) is 9.59 Å². The van der Waals surface area contributed by atoms with E-state index in [0.717, 1.165) is 30.6 Å². The lowest BCUT2D eigenvalue weighted by atomic mass is 10.0. The van der Waals surface area contributed by atoms with Crippen molar-refractivity contribution in [1.82, 2.24) is 5.32 Å². The number of hydrogen-bond acceptors (Lipinski definition) is 3. The maximum absolute atomic E-state index is 12.4. The number of aliphatic carboxylic acids is 1. The number of aryl methyl sites for hydroxylation is 2. The molecule has 0 spiro atoms. The molecule has 21 heavy (non-hydrogen) atoms. The Balaban J connectivity index is 1.69. The first-order valence-corrected chi connectivity index (χ1v) is 8.62. The first-order chi connectivity index (χ1) is 10.1. The maximum atomic E-state index is 12.4. The molecular formula is C16H21NO3S. The van der Waals surface area contributed by atoms with Gasteiger partial charge in [-0.05, 0) is 50.2 Å². The lowest BCUT2D eigenvalue weighted by Gasteiger charge is -2.16. The fourth-order valence-corrected chi connectivity index (χ4v) is 4.60. The predicted molar refractivity (Wildman–Crippen MR) is 81.8 cm³/mol. The molecule has 1 amide bonds. The maximum Gasteiger partial charge on any atom is 0.308 e. The van der Waals surface area contributed by atoms with Crippen LogP contribution in [0.2, 0.25) is 0 Å². The largest absolute Gasteiger partial charge is 0.481 e. The van der Waals surface area contributed by atoms with Crippen LogP contribution in [0.15, 0.2) is 6.07 Å². The van der Waals surface area contributed by atoms with Gasteiger partial charge in [0.25, 0.3) is 5.91 Å². The van der Waals surface area contributed by atoms with Crippen molar-refractivity contribution in [2.24, 2.45) is 5.92 Å². The number of nitrogens with one attached hydrogen (secondary N) is 1. The number of carboxylic acids is 1. The van der Waals surface area contributed by atoms with Crippen LogP contribution in [0.25, 0.3) is 0 Å². The number of hydrogen-bond donors (Lipinski definition) is 2. The van der Waals surface area contributed by atoms with Gasteiger partial charge in [-0.1, -0.05) is 12.8 Å². The van der Waals surface area contributed by atoms with Crippen LogP contribution in [-0.4, -0.2) is 23.0 Å². The second kappa shape index (κ2) is 6.18. The normalized spacial score (nSPS) is 25.1. The molecule has 4 nitrogen and oxygen atoms in total. The second-order valence-electron chi connectivity index (χ2n) is 6.08. The summed E-state index contributed by atoms with van der Waals surface area (Å²) in [5.41, 5.74) is 1.32. The first kappa shape index (κ1) is 14.6. The molecule has 2 atom stereocenters. The van der Waals surface area contributed by atoms with E-state index in [-0.39, 0.29) is 11.9 Å². The molecule has 0 aliphatic heterocycles. The van der Waals surface area contributed by atoms with Gasteiger partial charge in [0.2, 0.25) is 0 Å². The van der Waals surface area contributed by atoms with Gasteiger partial charge in [-0.15, -0.1) is 11.3 Å². The molecule has 0 aromatic carbocycles. The van der Waals surface area contributed by atoms with Gasteiger partial charge in [0, 0.05) is 10.9 Å². The Morgan fingerprint density at radius 3 is 2.76 bits per heavy atom. The molecular weight excluding hydrogens is 286 g/mol. The van der Waals surface area contributed by atoms with Gasteiger partial charge in [0.15, 0.2) is 0 Å². The van der Waals surface area contributed by atoms with Gasteiger partial charge in [-0.25, -0.2) is 0 Å². The minimum Gasteiger partial charge on any atom is -0.481 e. The fourth-order valence-electron chi connectivity index (χ4n) is 3.45. The first-order valence-electron chi connectivity index (χ1n) is 7.80. The molecule has 1 heterocycles. The van der Waals surface area contributed by atoms with Crippen LogP contribution in [0.4, 0.5) is 0 Å². The molecule has 2 aliphatic carbocycles. The number of thiophene rings is 1. The molecule has 0 radical (unpaired) electrons. The quantitative estimate of drug-likeness (QED) is 0.844. The van der Waals surface area contributed by atoms with Gasteiger partial charge >= 0.3 is 5.97 Å². The number of rotatable bonds is 3. The summed E-state index contributed by atoms with van der Waals surface area (Å²) < 4.78 is 0. The van der Waals surface area contributed by atoms with Crippen LogP contribution in [0.5, 0.6) is 0 Å². The molecule has 1 fully saturated rings. The van der Waals surface area contributed by atoms with Crippen LogP contribution in [0, 0.1) is 5.92 Å². The summed E-state index contributed by atoms with van der Waals surface area (Å²) in [6, 6.07) is 1.81. The van der Waals surface area contributed by atoms with Crippen molar-refractivity contribution in [2.75, 3.05) is 0 Å². The van der Waals surface area contributed by atoms with Gasteiger partial charge < -0.3 is 10.4 Å². The standard InChI is InChI=1S/C16H21NO3S/c18-15(17-12-7-4-6-11(12)16(19)20)14-9-10-5-2-1-3-8-13(10)21-14/h9,11-12H,1-8H2,(H,17,18)(H,19,20)/t11-,12+/m1/s1. The van der Waals surface area contributed by atoms with Crippen molar-refractivity contribution in [3.05, 3.63) is 21.4 Å². The minimum atomic E-state index is -0.792. The van der Waals surface area contributed by atoms with E-state index >= 15 is 0 Å². The van der Waals surface area contributed by atoms with E-state index in [4.69, 9.17) is 0 Å². The summed E-state index contributed by atoms with van der Waals surface area (Å²) in [4.78, 5) is 25.7. The Morgan fingerprint density at radius 1 is 1.14 bits per heavy atom. The highest BCUT2D eigenvalue weighted by atomic mass is 32.1. The van der Waals surface area contributed by atoms with E-state index < -0.39 is 11.9 Å². The molecule has 0 unspecified atom stereocenters. The molecule has 0 saturated heterocycles. The van der Waals surface area contributed by atoms with Gasteiger partial charge in [-0.2, -0.15) is 0 Å². The number of carboxylic acid groups (broad SMARTS) is 1. The Labute approximate surface area is 128 Å². The smallest absolute Gasteiger partial charge is 0.308 e. The van der Waals surface area contributed by atoms with Crippen molar-refractivity contribution >= 4 is 23.2 Å². The zero-order valence-electron chi connectivity index (χ0n) is 12.1. The SMILES string of the molecule is O=C(N[C@H]1CCC[C@H]1C(=O)O)c1cc2c(s1)CCCCC2. The highest BCUT2D eigenvalue weighted by molar-refractivity contribution is 7.14. The second-order valence-corrected chi connectivity index (χ2v) is 7.21. The number of fused-ring (bicyclic) bond motifs is 1. The third-order valence-electron chi connectivity index (χ3n) is 4.62. The van der Waals surface area contributed by atoms with Crippen LogP contribution >= 0.6 is 11.3 Å². The Bertz CT molecular complexity index is 528. The van der Waals surface area contributed by atoms with E-state index in [9.17, 15) is 14.7 Å². The van der Waals surface area contributed by atoms with Crippen molar-refractivity contribution in [1.29, 1.82) is 0 Å². The highest BCUT2D eigenvalue weighted by Crippen LogP contribution is 2.30. The summed E-state index contributed by atoms with van der Waals surface area (Å²) in [5, 5.41) is 12.1. The molecule has 2 N–H and O–H groups in total. The van der Waals surface area contributed by atoms with Crippen LogP contribution in [0.3, 0.4) is 0 Å². The molecule has 5 heteroatoms. The lowest BCUT2D eigenvalue weighted by Crippen LogP contribution is -2.39. The summed E-state index contributed by atoms with van der Waals surface area (Å²) >= 11 is 1.59. The molecule has 3 rings (SSSR count). The number of carbonyl (C=O) groups excluding carboxylic acids is 1. The van der Waals surface area contributed by atoms with E-state index in [1.807, 2.05) is 6.07 Å². The Morgan fingerprint density at radius 2 is 1.95 bits per heavy atom. The monoisotopic (exact) mass is 307 g/mol. The molecule has 0 bridgehead atoms. The van der Waals surface area contributed by atoms with Crippen molar-refractivity contribution in [2.45, 2.75) is 57.4 Å². The average molecular weight is 307 g/mol. The van der Waals surface area contributed by atoms with E-state index in [0.29, 0.717) is 6.42 Å². The predicted octanol–water partition coefficient (Wildman–Crippen LogP) is 3.00. The molecule has 1 saturated carbocycles. The zero-order valence-corrected chi connectivity index (χ0v) is 12.9. The summed E-state index contributed by atoms with van der Waals surface area (Å²) in [7, 11) is 0. The van der Waals surface area contributed by atoms with Gasteiger partial charge in [0.1, 0.15) is 0 Å². The highest BCUT2D eigenvalue weighted by Gasteiger charge is 2.34. The van der Waals surface area contributed by atoms with E-state index in [1.54, 1.807) is 11.3 Å². The molecule has 2 aliphatic rings. The lowest BCUT2D eigenvalue weighted by molar-refractivity contribution is -0.142. The average Bonchev–Trinajstić information content (AvgIpc) is 3.01. The van der Waals surface area contributed by atoms with E-state index in [2.05, 4.69) is 5.32 Å². The minimum absolute atomic E-state index is 0.0915. The van der Waals surface area contributed by atoms with Crippen LogP contribution in [-0.2, 0) is 17.6 Å². The van der Waals surface area contributed by atoms with Crippen molar-refractivity contribution < 1.29 is 14.7 Å². The molecule has 1 aromatic heterocycles. The Kier molecular flexibility index (Phi) is 4.29. The third kappa shape index (κ3) is 3.12. The molecule has 114 valence electrons. The zero-order chi connectivity index (χ0) is 14.8. The third-order valence-corrected chi connectivity index (χ3v) is 5.86. The summed E-state index contributed by atoms with van der Waals surface area (Å²) in [6.45, 7) is 0. The van der Waals surface area contributed by atoms with Crippen molar-refractivity contribution in [3.8, 4) is 0 Å². The number of amides is 1.